The fourth-order valence-electron chi connectivity index (χ4n) is 1.56. The van der Waals surface area contributed by atoms with Crippen molar-refractivity contribution < 1.29 is 26.4 Å². The summed E-state index contributed by atoms with van der Waals surface area (Å²) < 4.78 is 63.4. The molecule has 0 aliphatic carbocycles. The molecule has 0 spiro atoms. The number of amides is 1. The first-order valence-electron chi connectivity index (χ1n) is 5.49. The highest BCUT2D eigenvalue weighted by Crippen LogP contribution is 2.52. The third kappa shape index (κ3) is 2.74. The summed E-state index contributed by atoms with van der Waals surface area (Å²) in [7, 11) is -4.17. The number of halogens is 3. The van der Waals surface area contributed by atoms with Gasteiger partial charge in [-0.3, -0.25) is 4.79 Å². The Kier molecular flexibility index (Phi) is 3.49. The zero-order valence-corrected chi connectivity index (χ0v) is 11.1. The van der Waals surface area contributed by atoms with Crippen molar-refractivity contribution in [2.24, 2.45) is 16.0 Å². The van der Waals surface area contributed by atoms with Crippen LogP contribution in [0.4, 0.5) is 13.2 Å². The second-order valence-corrected chi connectivity index (χ2v) is 5.81. The highest BCUT2D eigenvalue weighted by atomic mass is 32.2. The first kappa shape index (κ1) is 15.4. The highest BCUT2D eigenvalue weighted by Gasteiger charge is 2.65. The molecule has 0 aromatic heterocycles. The smallest absolute Gasteiger partial charge is 0.322 e. The quantitative estimate of drug-likeness (QED) is 0.846. The van der Waals surface area contributed by atoms with Crippen molar-refractivity contribution in [3.05, 3.63) is 29.8 Å². The number of nitrogens with zero attached hydrogens (tertiary/aromatic N) is 2. The van der Waals surface area contributed by atoms with Gasteiger partial charge >= 0.3 is 11.8 Å². The molecule has 11 heteroatoms. The minimum atomic E-state index is -4.69. The second-order valence-electron chi connectivity index (χ2n) is 4.13. The van der Waals surface area contributed by atoms with Crippen LogP contribution in [0.5, 0.6) is 0 Å². The average Bonchev–Trinajstić information content (AvgIpc) is 3.19. The van der Waals surface area contributed by atoms with Gasteiger partial charge in [-0.25, -0.2) is 13.1 Å². The molecule has 1 aliphatic rings. The van der Waals surface area contributed by atoms with Crippen LogP contribution in [0.25, 0.3) is 0 Å². The van der Waals surface area contributed by atoms with Crippen molar-refractivity contribution in [3.63, 3.8) is 0 Å². The lowest BCUT2D eigenvalue weighted by Gasteiger charge is -2.15. The molecule has 1 aromatic rings. The maximum atomic E-state index is 12.8. The number of carbonyl (C=O) groups is 1. The molecule has 21 heavy (non-hydrogen) atoms. The zero-order chi connectivity index (χ0) is 15.9. The summed E-state index contributed by atoms with van der Waals surface area (Å²) in [6.07, 6.45) is -4.69. The Morgan fingerprint density at radius 1 is 1.24 bits per heavy atom. The van der Waals surface area contributed by atoms with Gasteiger partial charge in [-0.1, -0.05) is 12.1 Å². The Labute approximate surface area is 117 Å². The van der Waals surface area contributed by atoms with Crippen LogP contribution in [0.1, 0.15) is 5.56 Å². The van der Waals surface area contributed by atoms with E-state index in [1.54, 1.807) is 4.72 Å². The largest absolute Gasteiger partial charge is 0.442 e. The van der Waals surface area contributed by atoms with E-state index in [0.29, 0.717) is 0 Å². The van der Waals surface area contributed by atoms with E-state index in [1.807, 2.05) is 0 Å². The van der Waals surface area contributed by atoms with Gasteiger partial charge in [0.25, 0.3) is 10.0 Å². The molecule has 0 saturated heterocycles. The van der Waals surface area contributed by atoms with E-state index >= 15 is 0 Å². The molecule has 0 atom stereocenters. The first-order chi connectivity index (χ1) is 9.62. The molecule has 0 radical (unpaired) electrons. The van der Waals surface area contributed by atoms with E-state index in [1.165, 1.54) is 0 Å². The molecule has 3 N–H and O–H groups in total. The Hall–Kier alpha value is -2.01. The molecule has 0 unspecified atom stereocenters. The standard InChI is InChI=1S/C10H9F3N4O3S/c11-10(12,13)9(16-17-9)6-1-3-7(4-2-6)21(19,20)15-8(18)5-14/h1-4H,5,14H2,(H,15,18). The molecule has 0 bridgehead atoms. The van der Waals surface area contributed by atoms with Crippen LogP contribution >= 0.6 is 0 Å². The summed E-state index contributed by atoms with van der Waals surface area (Å²) in [6, 6.07) is 3.74. The molecular weight excluding hydrogens is 313 g/mol. The number of benzene rings is 1. The normalized spacial score (nSPS) is 16.6. The molecule has 0 fully saturated rings. The summed E-state index contributed by atoms with van der Waals surface area (Å²) in [5.74, 6) is -0.932. The number of hydrogen-bond donors (Lipinski definition) is 2. The van der Waals surface area contributed by atoms with Gasteiger partial charge in [-0.2, -0.15) is 13.2 Å². The maximum Gasteiger partial charge on any atom is 0.442 e. The SMILES string of the molecule is NCC(=O)NS(=O)(=O)c1ccc(C2(C(F)(F)F)N=N2)cc1. The van der Waals surface area contributed by atoms with E-state index in [-0.39, 0.29) is 10.5 Å². The predicted octanol–water partition coefficient (Wildman–Crippen LogP) is 0.631. The number of nitrogens with two attached hydrogens (primary N) is 1. The number of nitrogens with one attached hydrogen (secondary N) is 1. The molecule has 1 aromatic carbocycles. The maximum absolute atomic E-state index is 12.8. The molecular formula is C10H9F3N4O3S. The van der Waals surface area contributed by atoms with E-state index in [2.05, 4.69) is 10.2 Å². The Morgan fingerprint density at radius 3 is 2.14 bits per heavy atom. The predicted molar refractivity (Wildman–Crippen MR) is 63.4 cm³/mol. The van der Waals surface area contributed by atoms with Crippen LogP contribution < -0.4 is 10.5 Å². The molecule has 7 nitrogen and oxygen atoms in total. The van der Waals surface area contributed by atoms with Crippen LogP contribution in [0.3, 0.4) is 0 Å². The van der Waals surface area contributed by atoms with Crippen molar-refractivity contribution in [3.8, 4) is 0 Å². The number of rotatable bonds is 4. The van der Waals surface area contributed by atoms with Gasteiger partial charge in [0.05, 0.1) is 11.4 Å². The van der Waals surface area contributed by atoms with Crippen molar-refractivity contribution in [2.45, 2.75) is 16.7 Å². The van der Waals surface area contributed by atoms with Gasteiger partial charge in [0.2, 0.25) is 5.91 Å². The fraction of sp³-hybridized carbons (Fsp3) is 0.300. The van der Waals surface area contributed by atoms with Gasteiger partial charge in [-0.05, 0) is 12.1 Å². The molecule has 114 valence electrons. The topological polar surface area (TPSA) is 114 Å². The molecule has 1 amide bonds. The Morgan fingerprint density at radius 2 is 1.76 bits per heavy atom. The lowest BCUT2D eigenvalue weighted by Crippen LogP contribution is -2.35. The molecule has 2 rings (SSSR count). The Balaban J connectivity index is 2.27. The first-order valence-corrected chi connectivity index (χ1v) is 6.98. The summed E-state index contributed by atoms with van der Waals surface area (Å²) in [5, 5.41) is 5.99. The van der Waals surface area contributed by atoms with E-state index < -0.39 is 34.3 Å². The van der Waals surface area contributed by atoms with Gasteiger partial charge in [0, 0.05) is 5.56 Å². The lowest BCUT2D eigenvalue weighted by atomic mass is 10.0. The number of hydrogen-bond acceptors (Lipinski definition) is 6. The summed E-state index contributed by atoms with van der Waals surface area (Å²) in [5.41, 5.74) is 2.05. The van der Waals surface area contributed by atoms with Crippen LogP contribution in [-0.4, -0.2) is 27.0 Å². The zero-order valence-electron chi connectivity index (χ0n) is 10.3. The number of carbonyl (C=O) groups excluding carboxylic acids is 1. The van der Waals surface area contributed by atoms with Gasteiger partial charge in [0.15, 0.2) is 0 Å². The van der Waals surface area contributed by atoms with Crippen LogP contribution in [0, 0.1) is 0 Å². The van der Waals surface area contributed by atoms with E-state index in [9.17, 15) is 26.4 Å². The molecule has 1 aliphatic heterocycles. The van der Waals surface area contributed by atoms with Crippen molar-refractivity contribution in [2.75, 3.05) is 6.54 Å². The summed E-state index contributed by atoms with van der Waals surface area (Å²) in [4.78, 5) is 10.6. The van der Waals surface area contributed by atoms with Crippen molar-refractivity contribution >= 4 is 15.9 Å². The van der Waals surface area contributed by atoms with Crippen LogP contribution in [-0.2, 0) is 20.5 Å². The highest BCUT2D eigenvalue weighted by molar-refractivity contribution is 7.90. The fourth-order valence-corrected chi connectivity index (χ4v) is 2.55. The molecule has 0 saturated carbocycles. The van der Waals surface area contributed by atoms with Crippen LogP contribution in [0.2, 0.25) is 0 Å². The number of sulfonamides is 1. The minimum Gasteiger partial charge on any atom is -0.322 e. The van der Waals surface area contributed by atoms with Gasteiger partial charge in [-0.15, -0.1) is 10.2 Å². The summed E-state index contributed by atoms with van der Waals surface area (Å²) >= 11 is 0. The third-order valence-corrected chi connectivity index (χ3v) is 4.09. The second kappa shape index (κ2) is 4.77. The van der Waals surface area contributed by atoms with E-state index in [4.69, 9.17) is 5.73 Å². The van der Waals surface area contributed by atoms with E-state index in [0.717, 1.165) is 24.3 Å². The third-order valence-electron chi connectivity index (χ3n) is 2.70. The van der Waals surface area contributed by atoms with Gasteiger partial charge < -0.3 is 5.73 Å². The van der Waals surface area contributed by atoms with Crippen LogP contribution in [0.15, 0.2) is 39.4 Å². The minimum absolute atomic E-state index is 0.306. The van der Waals surface area contributed by atoms with Crippen molar-refractivity contribution in [1.82, 2.24) is 4.72 Å². The number of alkyl halides is 3. The van der Waals surface area contributed by atoms with Gasteiger partial charge in [0.1, 0.15) is 0 Å². The molecule has 1 heterocycles. The monoisotopic (exact) mass is 322 g/mol. The summed E-state index contributed by atoms with van der Waals surface area (Å²) in [6.45, 7) is -0.535. The lowest BCUT2D eigenvalue weighted by molar-refractivity contribution is -0.166. The van der Waals surface area contributed by atoms with Crippen molar-refractivity contribution in [1.29, 1.82) is 0 Å². The Bertz CT molecular complexity index is 691. The average molecular weight is 322 g/mol.